The molecular formula is C25H28FN3O2. The quantitative estimate of drug-likeness (QED) is 0.557. The fourth-order valence-electron chi connectivity index (χ4n) is 4.32. The van der Waals surface area contributed by atoms with E-state index >= 15 is 0 Å². The summed E-state index contributed by atoms with van der Waals surface area (Å²) in [6.45, 7) is 5.42. The van der Waals surface area contributed by atoms with Crippen molar-refractivity contribution in [3.8, 4) is 11.3 Å². The highest BCUT2D eigenvalue weighted by atomic mass is 19.1. The van der Waals surface area contributed by atoms with Gasteiger partial charge in [0.15, 0.2) is 0 Å². The Kier molecular flexibility index (Phi) is 6.18. The van der Waals surface area contributed by atoms with Gasteiger partial charge in [0.25, 0.3) is 0 Å². The average Bonchev–Trinajstić information content (AvgIpc) is 2.82. The number of hydrogen-bond donors (Lipinski definition) is 0. The Morgan fingerprint density at radius 2 is 1.87 bits per heavy atom. The highest BCUT2D eigenvalue weighted by Crippen LogP contribution is 2.35. The van der Waals surface area contributed by atoms with Crippen LogP contribution in [0.2, 0.25) is 0 Å². The van der Waals surface area contributed by atoms with Crippen LogP contribution in [-0.4, -0.2) is 55.7 Å². The molecule has 0 radical (unpaired) electrons. The maximum atomic E-state index is 13.5. The molecule has 31 heavy (non-hydrogen) atoms. The fourth-order valence-corrected chi connectivity index (χ4v) is 4.32. The molecule has 4 rings (SSSR count). The van der Waals surface area contributed by atoms with Gasteiger partial charge in [0.05, 0.1) is 29.6 Å². The zero-order chi connectivity index (χ0) is 22.0. The van der Waals surface area contributed by atoms with Crippen LogP contribution in [0.25, 0.3) is 22.2 Å². The van der Waals surface area contributed by atoms with Crippen LogP contribution in [0.3, 0.4) is 0 Å². The minimum Gasteiger partial charge on any atom is -0.465 e. The van der Waals surface area contributed by atoms with E-state index in [0.29, 0.717) is 11.6 Å². The molecule has 0 unspecified atom stereocenters. The van der Waals surface area contributed by atoms with Crippen molar-refractivity contribution in [2.45, 2.75) is 25.8 Å². The molecule has 6 heteroatoms. The largest absolute Gasteiger partial charge is 0.465 e. The molecule has 3 aromatic rings. The molecule has 1 fully saturated rings. The first kappa shape index (κ1) is 21.2. The number of piperidine rings is 1. The number of fused-ring (bicyclic) bond motifs is 1. The number of halogens is 1. The van der Waals surface area contributed by atoms with E-state index in [2.05, 4.69) is 29.8 Å². The maximum absolute atomic E-state index is 13.5. The summed E-state index contributed by atoms with van der Waals surface area (Å²) in [5.41, 5.74) is 3.95. The van der Waals surface area contributed by atoms with Gasteiger partial charge in [-0.3, -0.25) is 0 Å². The van der Waals surface area contributed by atoms with Crippen LogP contribution in [0, 0.1) is 5.82 Å². The van der Waals surface area contributed by atoms with Crippen LogP contribution in [0.4, 0.5) is 10.1 Å². The predicted octanol–water partition coefficient (Wildman–Crippen LogP) is 4.75. The van der Waals surface area contributed by atoms with Crippen molar-refractivity contribution in [2.24, 2.45) is 0 Å². The Balaban J connectivity index is 1.79. The lowest BCUT2D eigenvalue weighted by Gasteiger charge is -2.38. The van der Waals surface area contributed by atoms with Crippen molar-refractivity contribution in [3.05, 3.63) is 59.9 Å². The average molecular weight is 422 g/mol. The fraction of sp³-hybridized carbons (Fsp3) is 0.360. The third kappa shape index (κ3) is 4.39. The van der Waals surface area contributed by atoms with E-state index in [1.54, 1.807) is 18.2 Å². The second kappa shape index (κ2) is 9.02. The minimum atomic E-state index is -0.369. The molecule has 0 atom stereocenters. The third-order valence-electron chi connectivity index (χ3n) is 6.27. The lowest BCUT2D eigenvalue weighted by Crippen LogP contribution is -2.43. The van der Waals surface area contributed by atoms with Gasteiger partial charge in [-0.05, 0) is 67.9 Å². The highest BCUT2D eigenvalue weighted by molar-refractivity contribution is 5.96. The maximum Gasteiger partial charge on any atom is 0.337 e. The van der Waals surface area contributed by atoms with Crippen molar-refractivity contribution < 1.29 is 13.9 Å². The summed E-state index contributed by atoms with van der Waals surface area (Å²) in [6.07, 6.45) is 2.15. The minimum absolute atomic E-state index is 0.269. The van der Waals surface area contributed by atoms with Crippen molar-refractivity contribution in [1.82, 2.24) is 9.88 Å². The molecule has 1 saturated heterocycles. The van der Waals surface area contributed by atoms with Crippen molar-refractivity contribution in [2.75, 3.05) is 38.7 Å². The zero-order valence-electron chi connectivity index (χ0n) is 18.3. The Labute approximate surface area is 182 Å². The number of rotatable bonds is 5. The Bertz CT molecular complexity index is 1080. The first-order valence-electron chi connectivity index (χ1n) is 10.7. The highest BCUT2D eigenvalue weighted by Gasteiger charge is 2.24. The monoisotopic (exact) mass is 421 g/mol. The van der Waals surface area contributed by atoms with Crippen LogP contribution in [0.1, 0.15) is 30.1 Å². The van der Waals surface area contributed by atoms with Gasteiger partial charge in [0.1, 0.15) is 5.82 Å². The summed E-state index contributed by atoms with van der Waals surface area (Å²) in [5.74, 6) is -0.638. The van der Waals surface area contributed by atoms with Crippen LogP contribution in [-0.2, 0) is 4.74 Å². The second-order valence-corrected chi connectivity index (χ2v) is 8.04. The van der Waals surface area contributed by atoms with Gasteiger partial charge < -0.3 is 14.5 Å². The topological polar surface area (TPSA) is 45.7 Å². The number of ether oxygens (including phenoxy) is 1. The van der Waals surface area contributed by atoms with E-state index in [9.17, 15) is 9.18 Å². The number of benzene rings is 2. The van der Waals surface area contributed by atoms with Gasteiger partial charge >= 0.3 is 5.97 Å². The number of pyridine rings is 1. The number of carbonyl (C=O) groups excluding carboxylic acids is 1. The van der Waals surface area contributed by atoms with Crippen LogP contribution < -0.4 is 4.90 Å². The standard InChI is InChI=1S/C25H28FN3O2/c1-4-29-13-11-21(12-14-29)28(2)23-16-19-15-18(25(30)31-3)7-10-22(19)27-24(23)17-5-8-20(26)9-6-17/h5-10,15-16,21H,4,11-14H2,1-3H3. The van der Waals surface area contributed by atoms with E-state index in [0.717, 1.165) is 60.3 Å². The zero-order valence-corrected chi connectivity index (χ0v) is 18.3. The van der Waals surface area contributed by atoms with E-state index in [1.165, 1.54) is 19.2 Å². The smallest absolute Gasteiger partial charge is 0.337 e. The molecule has 0 aliphatic carbocycles. The number of aromatic nitrogens is 1. The van der Waals surface area contributed by atoms with Crippen LogP contribution in [0.5, 0.6) is 0 Å². The molecule has 162 valence electrons. The second-order valence-electron chi connectivity index (χ2n) is 8.04. The summed E-state index contributed by atoms with van der Waals surface area (Å²) in [6, 6.07) is 14.3. The molecule has 0 amide bonds. The molecular weight excluding hydrogens is 393 g/mol. The van der Waals surface area contributed by atoms with Crippen LogP contribution in [0.15, 0.2) is 48.5 Å². The van der Waals surface area contributed by atoms with E-state index in [4.69, 9.17) is 9.72 Å². The Hall–Kier alpha value is -2.99. The van der Waals surface area contributed by atoms with Gasteiger partial charge in [-0.1, -0.05) is 6.92 Å². The molecule has 1 aliphatic rings. The molecule has 0 N–H and O–H groups in total. The third-order valence-corrected chi connectivity index (χ3v) is 6.27. The summed E-state index contributed by atoms with van der Waals surface area (Å²) < 4.78 is 18.4. The number of methoxy groups -OCH3 is 1. The molecule has 5 nitrogen and oxygen atoms in total. The van der Waals surface area contributed by atoms with Gasteiger partial charge in [0, 0.05) is 37.1 Å². The van der Waals surface area contributed by atoms with Gasteiger partial charge in [-0.25, -0.2) is 14.2 Å². The molecule has 0 spiro atoms. The van der Waals surface area contributed by atoms with E-state index < -0.39 is 0 Å². The Morgan fingerprint density at radius 3 is 2.52 bits per heavy atom. The number of hydrogen-bond acceptors (Lipinski definition) is 5. The predicted molar refractivity (Wildman–Crippen MR) is 122 cm³/mol. The number of likely N-dealkylation sites (tertiary alicyclic amines) is 1. The van der Waals surface area contributed by atoms with Crippen molar-refractivity contribution in [1.29, 1.82) is 0 Å². The molecule has 1 aliphatic heterocycles. The number of anilines is 1. The summed E-state index contributed by atoms with van der Waals surface area (Å²) in [4.78, 5) is 21.7. The summed E-state index contributed by atoms with van der Waals surface area (Å²) in [5, 5.41) is 0.876. The first-order chi connectivity index (χ1) is 15.0. The lowest BCUT2D eigenvalue weighted by atomic mass is 10.00. The van der Waals surface area contributed by atoms with Crippen LogP contribution >= 0.6 is 0 Å². The SMILES string of the molecule is CCN1CCC(N(C)c2cc3cc(C(=O)OC)ccc3nc2-c2ccc(F)cc2)CC1. The van der Waals surface area contributed by atoms with Gasteiger partial charge in [0.2, 0.25) is 0 Å². The first-order valence-corrected chi connectivity index (χ1v) is 10.7. The normalized spacial score (nSPS) is 15.2. The molecule has 0 saturated carbocycles. The van der Waals surface area contributed by atoms with E-state index in [1.807, 2.05) is 12.1 Å². The molecule has 0 bridgehead atoms. The summed E-state index contributed by atoms with van der Waals surface area (Å²) in [7, 11) is 3.48. The van der Waals surface area contributed by atoms with Gasteiger partial charge in [-0.2, -0.15) is 0 Å². The number of nitrogens with zero attached hydrogens (tertiary/aromatic N) is 3. The van der Waals surface area contributed by atoms with Crippen molar-refractivity contribution >= 4 is 22.6 Å². The van der Waals surface area contributed by atoms with Gasteiger partial charge in [-0.15, -0.1) is 0 Å². The molecule has 2 aromatic carbocycles. The molecule has 1 aromatic heterocycles. The van der Waals surface area contributed by atoms with E-state index in [-0.39, 0.29) is 11.8 Å². The van der Waals surface area contributed by atoms with Crippen molar-refractivity contribution in [3.63, 3.8) is 0 Å². The number of esters is 1. The summed E-state index contributed by atoms with van der Waals surface area (Å²) >= 11 is 0. The Morgan fingerprint density at radius 1 is 1.16 bits per heavy atom. The molecule has 2 heterocycles. The number of carbonyl (C=O) groups is 1. The lowest BCUT2D eigenvalue weighted by molar-refractivity contribution is 0.0601.